The lowest BCUT2D eigenvalue weighted by molar-refractivity contribution is -0.151. The van der Waals surface area contributed by atoms with Crippen molar-refractivity contribution >= 4 is 45.9 Å². The van der Waals surface area contributed by atoms with Gasteiger partial charge in [-0.15, -0.1) is 0 Å². The number of H-pyrrole nitrogens is 1. The lowest BCUT2D eigenvalue weighted by atomic mass is 9.73. The quantitative estimate of drug-likeness (QED) is 0.344. The van der Waals surface area contributed by atoms with Gasteiger partial charge in [0.05, 0.1) is 39.8 Å². The standard InChI is InChI=1S/C27H25ClF4N6O3/c28-22-21-19(10-15(23(22)29)24(40)17-4-3-16-18(35-17)12-34-36-16)38(25(41)26(21)5-7-33-8-6-26)13-20(39)37-9-1-2-14(37)11-27(30,31)32/h3-4,10,12,14,33H,1-2,5-9,11,13H2,(H,34,36)/t14-/m1/s1. The molecule has 5 heterocycles. The number of carbonyl (C=O) groups excluding carboxylic acids is 3. The Kier molecular flexibility index (Phi) is 6.76. The Bertz CT molecular complexity index is 1570. The van der Waals surface area contributed by atoms with Crippen molar-refractivity contribution in [2.75, 3.05) is 31.1 Å². The van der Waals surface area contributed by atoms with E-state index in [0.29, 0.717) is 30.5 Å². The summed E-state index contributed by atoms with van der Waals surface area (Å²) in [6, 6.07) is 3.16. The minimum atomic E-state index is -4.45. The Labute approximate surface area is 236 Å². The van der Waals surface area contributed by atoms with Crippen molar-refractivity contribution < 1.29 is 31.9 Å². The average Bonchev–Trinajstić information content (AvgIpc) is 3.64. The number of hydrogen-bond donors (Lipinski definition) is 2. The van der Waals surface area contributed by atoms with Gasteiger partial charge in [-0.2, -0.15) is 18.3 Å². The number of benzene rings is 1. The van der Waals surface area contributed by atoms with Crippen LogP contribution in [0, 0.1) is 5.82 Å². The molecule has 0 aliphatic carbocycles. The van der Waals surface area contributed by atoms with Crippen molar-refractivity contribution in [3.05, 3.63) is 52.1 Å². The lowest BCUT2D eigenvalue weighted by Crippen LogP contribution is -2.50. The van der Waals surface area contributed by atoms with Crippen LogP contribution < -0.4 is 10.2 Å². The smallest absolute Gasteiger partial charge is 0.338 e. The Morgan fingerprint density at radius 2 is 1.95 bits per heavy atom. The van der Waals surface area contributed by atoms with Gasteiger partial charge in [0.2, 0.25) is 17.6 Å². The molecule has 0 bridgehead atoms. The number of pyridine rings is 1. The highest BCUT2D eigenvalue weighted by Crippen LogP contribution is 2.51. The zero-order chi connectivity index (χ0) is 29.1. The van der Waals surface area contributed by atoms with Crippen molar-refractivity contribution in [2.24, 2.45) is 0 Å². The molecule has 2 saturated heterocycles. The van der Waals surface area contributed by atoms with Gasteiger partial charge in [0, 0.05) is 18.2 Å². The van der Waals surface area contributed by atoms with Gasteiger partial charge >= 0.3 is 6.18 Å². The third-order valence-corrected chi connectivity index (χ3v) is 8.65. The molecule has 3 aliphatic rings. The van der Waals surface area contributed by atoms with Crippen LogP contribution in [-0.2, 0) is 15.0 Å². The molecule has 3 aromatic rings. The first-order valence-electron chi connectivity index (χ1n) is 13.3. The molecule has 9 nitrogen and oxygen atoms in total. The molecule has 41 heavy (non-hydrogen) atoms. The molecule has 0 unspecified atom stereocenters. The number of carbonyl (C=O) groups is 3. The molecule has 0 radical (unpaired) electrons. The summed E-state index contributed by atoms with van der Waals surface area (Å²) in [5, 5.41) is 9.34. The fraction of sp³-hybridized carbons (Fsp3) is 0.444. The molecule has 1 aromatic carbocycles. The number of nitrogens with zero attached hydrogens (tertiary/aromatic N) is 4. The minimum absolute atomic E-state index is 0.0793. The molecule has 2 N–H and O–H groups in total. The van der Waals surface area contributed by atoms with Gasteiger partial charge in [-0.25, -0.2) is 9.37 Å². The number of aromatic nitrogens is 3. The van der Waals surface area contributed by atoms with E-state index >= 15 is 4.39 Å². The summed E-state index contributed by atoms with van der Waals surface area (Å²) in [4.78, 5) is 47.4. The number of halogens is 5. The first kappa shape index (κ1) is 27.6. The second-order valence-electron chi connectivity index (χ2n) is 10.7. The van der Waals surface area contributed by atoms with Gasteiger partial charge in [-0.05, 0) is 57.0 Å². The number of nitrogens with one attached hydrogen (secondary N) is 2. The van der Waals surface area contributed by atoms with Crippen molar-refractivity contribution in [3.63, 3.8) is 0 Å². The van der Waals surface area contributed by atoms with Gasteiger partial charge in [-0.1, -0.05) is 11.6 Å². The van der Waals surface area contributed by atoms with E-state index in [1.54, 1.807) is 6.07 Å². The van der Waals surface area contributed by atoms with E-state index in [-0.39, 0.29) is 42.8 Å². The van der Waals surface area contributed by atoms with E-state index in [2.05, 4.69) is 20.5 Å². The first-order chi connectivity index (χ1) is 19.5. The predicted octanol–water partition coefficient (Wildman–Crippen LogP) is 3.89. The van der Waals surface area contributed by atoms with Crippen LogP contribution >= 0.6 is 11.6 Å². The molecule has 6 rings (SSSR count). The second-order valence-corrected chi connectivity index (χ2v) is 11.1. The molecule has 14 heteroatoms. The molecular weight excluding hydrogens is 568 g/mol. The summed E-state index contributed by atoms with van der Waals surface area (Å²) in [6.45, 7) is 0.448. The Balaban J connectivity index is 1.40. The van der Waals surface area contributed by atoms with Gasteiger partial charge in [-0.3, -0.25) is 19.5 Å². The summed E-state index contributed by atoms with van der Waals surface area (Å²) < 4.78 is 55.3. The molecule has 2 aromatic heterocycles. The minimum Gasteiger partial charge on any atom is -0.338 e. The van der Waals surface area contributed by atoms with Crippen LogP contribution in [0.25, 0.3) is 11.0 Å². The zero-order valence-corrected chi connectivity index (χ0v) is 22.4. The third-order valence-electron chi connectivity index (χ3n) is 8.30. The Morgan fingerprint density at radius 1 is 1.20 bits per heavy atom. The number of rotatable bonds is 5. The highest BCUT2D eigenvalue weighted by molar-refractivity contribution is 6.34. The van der Waals surface area contributed by atoms with Gasteiger partial charge < -0.3 is 15.1 Å². The molecule has 1 atom stereocenters. The van der Waals surface area contributed by atoms with Crippen molar-refractivity contribution in [2.45, 2.75) is 49.7 Å². The molecule has 3 aliphatic heterocycles. The van der Waals surface area contributed by atoms with Crippen molar-refractivity contribution in [1.82, 2.24) is 25.4 Å². The van der Waals surface area contributed by atoms with E-state index < -0.39 is 64.6 Å². The fourth-order valence-electron chi connectivity index (χ4n) is 6.36. The van der Waals surface area contributed by atoms with Crippen LogP contribution in [-0.4, -0.2) is 76.1 Å². The van der Waals surface area contributed by atoms with Gasteiger partial charge in [0.1, 0.15) is 17.8 Å². The molecule has 1 spiro atoms. The highest BCUT2D eigenvalue weighted by atomic mass is 35.5. The molecule has 2 amide bonds. The monoisotopic (exact) mass is 592 g/mol. The summed E-state index contributed by atoms with van der Waals surface area (Å²) >= 11 is 6.58. The Hall–Kier alpha value is -3.58. The number of aromatic amines is 1. The summed E-state index contributed by atoms with van der Waals surface area (Å²) in [7, 11) is 0. The number of piperidine rings is 1. The SMILES string of the molecule is O=C(c1ccc2[nH]ncc2n1)c1cc2c(c(Cl)c1F)C1(CCNCC1)C(=O)N2CC(=O)N1CCC[C@@H]1CC(F)(F)F. The van der Waals surface area contributed by atoms with Crippen LogP contribution in [0.4, 0.5) is 23.2 Å². The number of fused-ring (bicyclic) bond motifs is 3. The fourth-order valence-corrected chi connectivity index (χ4v) is 6.74. The number of alkyl halides is 3. The molecule has 2 fully saturated rings. The third kappa shape index (κ3) is 4.64. The van der Waals surface area contributed by atoms with E-state index in [0.717, 1.165) is 9.80 Å². The second kappa shape index (κ2) is 10.1. The van der Waals surface area contributed by atoms with Crippen LogP contribution in [0.5, 0.6) is 0 Å². The van der Waals surface area contributed by atoms with Crippen LogP contribution in [0.2, 0.25) is 5.02 Å². The predicted molar refractivity (Wildman–Crippen MR) is 140 cm³/mol. The number of anilines is 1. The number of hydrogen-bond acceptors (Lipinski definition) is 6. The molecule has 0 saturated carbocycles. The maximum atomic E-state index is 15.8. The van der Waals surface area contributed by atoms with Crippen LogP contribution in [0.3, 0.4) is 0 Å². The van der Waals surface area contributed by atoms with Gasteiger partial charge in [0.15, 0.2) is 5.82 Å². The maximum absolute atomic E-state index is 15.8. The van der Waals surface area contributed by atoms with Gasteiger partial charge in [0.25, 0.3) is 0 Å². The van der Waals surface area contributed by atoms with Crippen LogP contribution in [0.1, 0.15) is 53.7 Å². The first-order valence-corrected chi connectivity index (χ1v) is 13.6. The van der Waals surface area contributed by atoms with E-state index in [1.807, 2.05) is 0 Å². The van der Waals surface area contributed by atoms with E-state index in [1.165, 1.54) is 18.3 Å². The van der Waals surface area contributed by atoms with E-state index in [4.69, 9.17) is 11.6 Å². The summed E-state index contributed by atoms with van der Waals surface area (Å²) in [5.74, 6) is -2.93. The number of likely N-dealkylation sites (tertiary alicyclic amines) is 1. The van der Waals surface area contributed by atoms with Crippen molar-refractivity contribution in [1.29, 1.82) is 0 Å². The highest BCUT2D eigenvalue weighted by Gasteiger charge is 2.54. The summed E-state index contributed by atoms with van der Waals surface area (Å²) in [5.41, 5.74) is -0.484. The van der Waals surface area contributed by atoms with E-state index in [9.17, 15) is 27.6 Å². The normalized spacial score (nSPS) is 20.3. The Morgan fingerprint density at radius 3 is 2.68 bits per heavy atom. The zero-order valence-electron chi connectivity index (χ0n) is 21.7. The largest absolute Gasteiger partial charge is 0.391 e. The average molecular weight is 593 g/mol. The number of ketones is 1. The maximum Gasteiger partial charge on any atom is 0.391 e. The molecular formula is C27H25ClF4N6O3. The topological polar surface area (TPSA) is 111 Å². The van der Waals surface area contributed by atoms with Crippen LogP contribution in [0.15, 0.2) is 24.4 Å². The summed E-state index contributed by atoms with van der Waals surface area (Å²) in [6.07, 6.45) is -3.01. The number of amides is 2. The molecule has 216 valence electrons. The lowest BCUT2D eigenvalue weighted by Gasteiger charge is -2.33. The van der Waals surface area contributed by atoms with Crippen molar-refractivity contribution in [3.8, 4) is 0 Å².